The maximum atomic E-state index is 14.3. The Balaban J connectivity index is 1.56. The molecule has 1 aromatic carbocycles. The smallest absolute Gasteiger partial charge is 0.241 e. The molecule has 1 aliphatic carbocycles. The van der Waals surface area contributed by atoms with Crippen molar-refractivity contribution in [2.75, 3.05) is 5.32 Å². The van der Waals surface area contributed by atoms with Gasteiger partial charge >= 0.3 is 0 Å². The van der Waals surface area contributed by atoms with Crippen LogP contribution in [0.5, 0.6) is 0 Å². The van der Waals surface area contributed by atoms with E-state index in [9.17, 15) is 13.6 Å². The molecule has 0 aliphatic heterocycles. The number of amides is 1. The Morgan fingerprint density at radius 1 is 1.22 bits per heavy atom. The van der Waals surface area contributed by atoms with Crippen LogP contribution in [0.1, 0.15) is 51.5 Å². The van der Waals surface area contributed by atoms with Crippen LogP contribution in [0.2, 0.25) is 0 Å². The lowest BCUT2D eigenvalue weighted by molar-refractivity contribution is -0.120. The van der Waals surface area contributed by atoms with Gasteiger partial charge in [-0.3, -0.25) is 4.79 Å². The third-order valence-corrected chi connectivity index (χ3v) is 7.26. The first-order valence-corrected chi connectivity index (χ1v) is 11.5. The molecular weight excluding hydrogens is 432 g/mol. The molecule has 6 nitrogen and oxygen atoms in total. The van der Waals surface area contributed by atoms with Crippen LogP contribution in [0.25, 0.3) is 11.4 Å². The minimum Gasteiger partial charge on any atom is -0.325 e. The number of hydrogen-bond donors (Lipinski definition) is 1. The summed E-state index contributed by atoms with van der Waals surface area (Å²) in [5.41, 5.74) is 2.04. The fourth-order valence-corrected chi connectivity index (χ4v) is 5.06. The number of halogens is 2. The fraction of sp³-hybridized carbons (Fsp3) is 0.391. The molecule has 0 radical (unpaired) electrons. The normalized spacial score (nSPS) is 14.9. The minimum absolute atomic E-state index is 0.0740. The Labute approximate surface area is 189 Å². The number of nitrogens with one attached hydrogen (secondary N) is 1. The second kappa shape index (κ2) is 8.97. The summed E-state index contributed by atoms with van der Waals surface area (Å²) in [6, 6.07) is 8.60. The third-order valence-electron chi connectivity index (χ3n) is 5.79. The number of pyridine rings is 1. The maximum Gasteiger partial charge on any atom is 0.241 e. The largest absolute Gasteiger partial charge is 0.325 e. The first-order chi connectivity index (χ1) is 15.3. The average Bonchev–Trinajstić information content (AvgIpc) is 3.13. The Hall–Kier alpha value is -2.81. The van der Waals surface area contributed by atoms with Crippen molar-refractivity contribution < 1.29 is 13.6 Å². The number of rotatable bonds is 7. The van der Waals surface area contributed by atoms with Crippen molar-refractivity contribution in [3.05, 3.63) is 53.9 Å². The summed E-state index contributed by atoms with van der Waals surface area (Å²) in [6.45, 7) is 6.60. The van der Waals surface area contributed by atoms with Gasteiger partial charge in [0.1, 0.15) is 10.6 Å². The quantitative estimate of drug-likeness (QED) is 0.480. The Morgan fingerprint density at radius 2 is 1.94 bits per heavy atom. The number of carbonyl (C=O) groups is 1. The highest BCUT2D eigenvalue weighted by atomic mass is 32.2. The topological polar surface area (TPSA) is 72.7 Å². The molecule has 1 aliphatic rings. The van der Waals surface area contributed by atoms with Crippen LogP contribution >= 0.6 is 11.8 Å². The molecule has 4 rings (SSSR count). The fourth-order valence-electron chi connectivity index (χ4n) is 3.66. The maximum absolute atomic E-state index is 14.3. The number of thioether (sulfide) groups is 1. The van der Waals surface area contributed by atoms with Gasteiger partial charge in [-0.25, -0.2) is 9.37 Å². The van der Waals surface area contributed by atoms with Gasteiger partial charge < -0.3 is 9.88 Å². The number of aromatic nitrogens is 4. The summed E-state index contributed by atoms with van der Waals surface area (Å²) in [5.74, 6) is -1.04. The predicted molar refractivity (Wildman–Crippen MR) is 120 cm³/mol. The second-order valence-corrected chi connectivity index (χ2v) is 9.57. The number of hydrogen-bond acceptors (Lipinski definition) is 5. The second-order valence-electron chi connectivity index (χ2n) is 8.22. The van der Waals surface area contributed by atoms with Gasteiger partial charge in [0.2, 0.25) is 11.9 Å². The molecule has 168 valence electrons. The molecule has 0 bridgehead atoms. The van der Waals surface area contributed by atoms with E-state index in [-0.39, 0.29) is 17.3 Å². The number of nitrogens with zero attached hydrogens (tertiary/aromatic N) is 4. The van der Waals surface area contributed by atoms with Gasteiger partial charge in [0.15, 0.2) is 11.0 Å². The lowest BCUT2D eigenvalue weighted by atomic mass is 9.83. The third kappa shape index (κ3) is 4.26. The van der Waals surface area contributed by atoms with E-state index in [4.69, 9.17) is 0 Å². The van der Waals surface area contributed by atoms with Crippen LogP contribution in [0.4, 0.5) is 14.5 Å². The highest BCUT2D eigenvalue weighted by molar-refractivity contribution is 8.01. The van der Waals surface area contributed by atoms with Crippen molar-refractivity contribution >= 4 is 23.4 Å². The van der Waals surface area contributed by atoms with Crippen LogP contribution in [0.15, 0.2) is 41.7 Å². The van der Waals surface area contributed by atoms with Crippen LogP contribution in [0, 0.1) is 11.8 Å². The van der Waals surface area contributed by atoms with Gasteiger partial charge in [0, 0.05) is 24.5 Å². The monoisotopic (exact) mass is 457 g/mol. The van der Waals surface area contributed by atoms with E-state index >= 15 is 0 Å². The van der Waals surface area contributed by atoms with Crippen molar-refractivity contribution in [2.24, 2.45) is 0 Å². The zero-order chi connectivity index (χ0) is 22.9. The molecule has 1 N–H and O–H groups in total. The van der Waals surface area contributed by atoms with Gasteiger partial charge in [-0.05, 0) is 49.8 Å². The molecule has 2 heterocycles. The molecule has 3 aromatic rings. The van der Waals surface area contributed by atoms with E-state index < -0.39 is 16.5 Å². The van der Waals surface area contributed by atoms with E-state index in [1.54, 1.807) is 4.57 Å². The molecule has 1 amide bonds. The van der Waals surface area contributed by atoms with E-state index in [0.717, 1.165) is 24.4 Å². The van der Waals surface area contributed by atoms with Gasteiger partial charge in [0.05, 0.1) is 5.56 Å². The minimum atomic E-state index is -0.894. The van der Waals surface area contributed by atoms with E-state index in [1.807, 2.05) is 31.2 Å². The van der Waals surface area contributed by atoms with Gasteiger partial charge in [-0.15, -0.1) is 10.2 Å². The standard InChI is InChI=1S/C23H25F2N5OS/c1-4-30-20(17-13-26-19(25)12-18(17)24)28-29-22(30)32-23(10-5-11-23)21(31)27-16-8-6-15(7-9-16)14(2)3/h6-9,12-14H,4-5,10-11H2,1-3H3,(H,27,31). The van der Waals surface area contributed by atoms with Gasteiger partial charge in [-0.2, -0.15) is 4.39 Å². The highest BCUT2D eigenvalue weighted by Gasteiger charge is 2.46. The number of anilines is 1. The molecule has 0 atom stereocenters. The van der Waals surface area contributed by atoms with Crippen LogP contribution in [0.3, 0.4) is 0 Å². The van der Waals surface area contributed by atoms with Crippen molar-refractivity contribution in [2.45, 2.75) is 62.4 Å². The summed E-state index contributed by atoms with van der Waals surface area (Å²) in [4.78, 5) is 16.7. The predicted octanol–water partition coefficient (Wildman–Crippen LogP) is 5.42. The molecule has 0 spiro atoms. The number of benzene rings is 1. The van der Waals surface area contributed by atoms with Crippen LogP contribution in [-0.4, -0.2) is 30.4 Å². The Kier molecular flexibility index (Phi) is 6.28. The first-order valence-electron chi connectivity index (χ1n) is 10.7. The highest BCUT2D eigenvalue weighted by Crippen LogP contribution is 2.48. The van der Waals surface area contributed by atoms with E-state index in [0.29, 0.717) is 30.5 Å². The summed E-state index contributed by atoms with van der Waals surface area (Å²) in [5, 5.41) is 11.9. The van der Waals surface area contributed by atoms with Crippen LogP contribution in [-0.2, 0) is 11.3 Å². The summed E-state index contributed by atoms with van der Waals surface area (Å²) in [6.07, 6.45) is 3.48. The molecule has 32 heavy (non-hydrogen) atoms. The number of carbonyl (C=O) groups excluding carboxylic acids is 1. The Morgan fingerprint density at radius 3 is 2.50 bits per heavy atom. The Bertz CT molecular complexity index is 1130. The van der Waals surface area contributed by atoms with Crippen molar-refractivity contribution in [1.29, 1.82) is 0 Å². The van der Waals surface area contributed by atoms with Crippen LogP contribution < -0.4 is 5.32 Å². The van der Waals surface area contributed by atoms with E-state index in [1.165, 1.54) is 17.3 Å². The first kappa shape index (κ1) is 22.4. The van der Waals surface area contributed by atoms with Crippen molar-refractivity contribution in [3.8, 4) is 11.4 Å². The van der Waals surface area contributed by atoms with Gasteiger partial charge in [0.25, 0.3) is 0 Å². The molecule has 1 saturated carbocycles. The van der Waals surface area contributed by atoms with Crippen molar-refractivity contribution in [1.82, 2.24) is 19.7 Å². The molecule has 0 unspecified atom stereocenters. The molecular formula is C23H25F2N5OS. The summed E-state index contributed by atoms with van der Waals surface area (Å²) < 4.78 is 28.6. The van der Waals surface area contributed by atoms with E-state index in [2.05, 4.69) is 34.3 Å². The average molecular weight is 458 g/mol. The molecule has 9 heteroatoms. The molecule has 1 fully saturated rings. The zero-order valence-electron chi connectivity index (χ0n) is 18.2. The summed E-state index contributed by atoms with van der Waals surface area (Å²) in [7, 11) is 0. The lowest BCUT2D eigenvalue weighted by Crippen LogP contribution is -2.46. The zero-order valence-corrected chi connectivity index (χ0v) is 19.0. The van der Waals surface area contributed by atoms with Crippen molar-refractivity contribution in [3.63, 3.8) is 0 Å². The molecule has 0 saturated heterocycles. The van der Waals surface area contributed by atoms with Gasteiger partial charge in [-0.1, -0.05) is 37.7 Å². The SMILES string of the molecule is CCn1c(SC2(C(=O)Nc3ccc(C(C)C)cc3)CCC2)nnc1-c1cnc(F)cc1F. The molecule has 2 aromatic heterocycles. The summed E-state index contributed by atoms with van der Waals surface area (Å²) >= 11 is 1.35. The lowest BCUT2D eigenvalue weighted by Gasteiger charge is -2.38.